The predicted molar refractivity (Wildman–Crippen MR) is 79.1 cm³/mol. The molecular weight excluding hydrogens is 300 g/mol. The topological polar surface area (TPSA) is 158 Å². The Hall–Kier alpha value is -1.23. The minimum atomic E-state index is -3.20. The molecule has 12 heteroatoms. The van der Waals surface area contributed by atoms with E-state index in [1.54, 1.807) is 0 Å². The van der Waals surface area contributed by atoms with Crippen LogP contribution in [0.2, 0.25) is 0 Å². The molecule has 2 aliphatic heterocycles. The molecule has 0 aromatic carbocycles. The van der Waals surface area contributed by atoms with Crippen molar-refractivity contribution in [1.29, 1.82) is 0 Å². The number of aliphatic hydroxyl groups excluding tert-OH is 1. The third-order valence-electron chi connectivity index (χ3n) is 3.40. The first-order valence-electron chi connectivity index (χ1n) is 6.37. The van der Waals surface area contributed by atoms with Gasteiger partial charge in [-0.15, -0.1) is 0 Å². The van der Waals surface area contributed by atoms with E-state index >= 15 is 0 Å². The van der Waals surface area contributed by atoms with E-state index in [2.05, 4.69) is 15.3 Å². The summed E-state index contributed by atoms with van der Waals surface area (Å²) in [5.41, 5.74) is 11.5. The fraction of sp³-hybridized carbons (Fsp3) is 0.556. The van der Waals surface area contributed by atoms with Crippen LogP contribution in [-0.4, -0.2) is 58.7 Å². The predicted octanol–water partition coefficient (Wildman–Crippen LogP) is -2.41. The number of rotatable bonds is 2. The molecule has 3 unspecified atom stereocenters. The SMILES string of the molecule is B[PH]1(O)OCC2OC(Nc3ncnc(N)c3N)C(O)[C@@H]2O1. The Morgan fingerprint density at radius 3 is 2.95 bits per heavy atom. The van der Waals surface area contributed by atoms with E-state index in [-0.39, 0.29) is 23.9 Å². The van der Waals surface area contributed by atoms with E-state index in [1.807, 2.05) is 0 Å². The van der Waals surface area contributed by atoms with Gasteiger partial charge in [-0.25, -0.2) is 0 Å². The molecule has 3 rings (SSSR count). The number of hydrogen-bond donors (Lipinski definition) is 5. The Morgan fingerprint density at radius 2 is 2.19 bits per heavy atom. The second-order valence-corrected chi connectivity index (χ2v) is 7.36. The van der Waals surface area contributed by atoms with Crippen molar-refractivity contribution >= 4 is 32.7 Å². The first kappa shape index (κ1) is 14.7. The average Bonchev–Trinajstić information content (AvgIpc) is 2.71. The standard InChI is InChI=1S/C9H17BN5O5P/c10-21(17)18-1-3-6(20-21)5(16)9(19-3)15-8-4(11)7(12)13-2-14-8/h2-3,5-6,9,16-17,21H,1,10-11H2,(H3,12,13,14,15)/t3?,5?,6-,9?/m1/s1. The zero-order valence-electron chi connectivity index (χ0n) is 11.3. The van der Waals surface area contributed by atoms with Gasteiger partial charge in [-0.2, -0.15) is 0 Å². The summed E-state index contributed by atoms with van der Waals surface area (Å²) in [6.07, 6.45) is -1.71. The number of aromatic nitrogens is 2. The maximum atomic E-state index is 10.3. The molecule has 1 aromatic rings. The third-order valence-corrected chi connectivity index (χ3v) is 4.81. The number of ether oxygens (including phenoxy) is 1. The van der Waals surface area contributed by atoms with Gasteiger partial charge in [0.25, 0.3) is 0 Å². The number of nitrogen functional groups attached to an aromatic ring is 2. The van der Waals surface area contributed by atoms with Gasteiger partial charge in [-0.05, 0) is 0 Å². The molecule has 0 bridgehead atoms. The van der Waals surface area contributed by atoms with Crippen molar-refractivity contribution in [2.75, 3.05) is 23.4 Å². The summed E-state index contributed by atoms with van der Waals surface area (Å²) in [4.78, 5) is 17.5. The Morgan fingerprint density at radius 1 is 1.43 bits per heavy atom. The molecule has 4 atom stereocenters. The second kappa shape index (κ2) is 5.20. The molecule has 0 radical (unpaired) electrons. The van der Waals surface area contributed by atoms with Crippen LogP contribution in [0.15, 0.2) is 6.33 Å². The normalized spacial score (nSPS) is 35.9. The minimum absolute atomic E-state index is 0.132. The van der Waals surface area contributed by atoms with Gasteiger partial charge in [0.15, 0.2) is 0 Å². The van der Waals surface area contributed by atoms with Crippen LogP contribution in [0.3, 0.4) is 0 Å². The first-order valence-corrected chi connectivity index (χ1v) is 8.64. The molecule has 2 saturated heterocycles. The molecule has 0 spiro atoms. The van der Waals surface area contributed by atoms with Crippen LogP contribution >= 0.6 is 7.82 Å². The number of nitrogens with zero attached hydrogens (tertiary/aromatic N) is 2. The van der Waals surface area contributed by atoms with E-state index in [4.69, 9.17) is 25.3 Å². The molecule has 2 fully saturated rings. The van der Waals surface area contributed by atoms with Crippen LogP contribution in [0.4, 0.5) is 17.3 Å². The van der Waals surface area contributed by atoms with Gasteiger partial charge in [0.2, 0.25) is 0 Å². The molecule has 21 heavy (non-hydrogen) atoms. The summed E-state index contributed by atoms with van der Waals surface area (Å²) in [5.74, 6) is 0.391. The molecule has 116 valence electrons. The van der Waals surface area contributed by atoms with Crippen LogP contribution in [0.5, 0.6) is 0 Å². The number of anilines is 3. The van der Waals surface area contributed by atoms with Crippen molar-refractivity contribution in [2.24, 2.45) is 0 Å². The molecule has 7 N–H and O–H groups in total. The first-order chi connectivity index (χ1) is 9.87. The Kier molecular flexibility index (Phi) is 3.64. The van der Waals surface area contributed by atoms with E-state index < -0.39 is 32.4 Å². The number of aliphatic hydroxyl groups is 1. The summed E-state index contributed by atoms with van der Waals surface area (Å²) in [5, 5.41) is 13.1. The Balaban J connectivity index is 1.75. The van der Waals surface area contributed by atoms with Crippen LogP contribution in [0.25, 0.3) is 0 Å². The zero-order valence-corrected chi connectivity index (χ0v) is 12.3. The molecule has 0 aliphatic carbocycles. The van der Waals surface area contributed by atoms with E-state index in [0.717, 1.165) is 0 Å². The molecule has 10 nitrogen and oxygen atoms in total. The second-order valence-electron chi connectivity index (χ2n) is 5.04. The van der Waals surface area contributed by atoms with Gasteiger partial charge in [0, 0.05) is 0 Å². The molecule has 1 aromatic heterocycles. The Labute approximate surface area is 121 Å². The van der Waals surface area contributed by atoms with Crippen molar-refractivity contribution in [1.82, 2.24) is 9.97 Å². The molecular formula is C9H17BN5O5P. The van der Waals surface area contributed by atoms with E-state index in [1.165, 1.54) is 13.9 Å². The van der Waals surface area contributed by atoms with Crippen molar-refractivity contribution in [3.63, 3.8) is 0 Å². The van der Waals surface area contributed by atoms with E-state index in [9.17, 15) is 10.00 Å². The fourth-order valence-corrected chi connectivity index (χ4v) is 3.66. The quantitative estimate of drug-likeness (QED) is 0.294. The van der Waals surface area contributed by atoms with Crippen molar-refractivity contribution in [3.05, 3.63) is 6.33 Å². The van der Waals surface area contributed by atoms with E-state index in [0.29, 0.717) is 0 Å². The fourth-order valence-electron chi connectivity index (χ4n) is 2.32. The average molecular weight is 317 g/mol. The zero-order chi connectivity index (χ0) is 15.2. The molecule has 2 aliphatic rings. The van der Waals surface area contributed by atoms with Crippen molar-refractivity contribution < 1.29 is 23.8 Å². The van der Waals surface area contributed by atoms with Crippen LogP contribution < -0.4 is 16.8 Å². The van der Waals surface area contributed by atoms with Crippen molar-refractivity contribution in [3.8, 4) is 0 Å². The monoisotopic (exact) mass is 317 g/mol. The van der Waals surface area contributed by atoms with Gasteiger partial charge in [0.05, 0.1) is 0 Å². The maximum absolute atomic E-state index is 10.3. The van der Waals surface area contributed by atoms with Crippen LogP contribution in [0, 0.1) is 0 Å². The molecule has 3 heterocycles. The van der Waals surface area contributed by atoms with Gasteiger partial charge < -0.3 is 0 Å². The number of nitrogens with two attached hydrogens (primary N) is 2. The molecule has 0 amide bonds. The summed E-state index contributed by atoms with van der Waals surface area (Å²) in [6, 6.07) is 0. The number of hydrogen-bond acceptors (Lipinski definition) is 10. The van der Waals surface area contributed by atoms with Gasteiger partial charge >= 0.3 is 121 Å². The number of nitrogens with one attached hydrogen (secondary N) is 1. The van der Waals surface area contributed by atoms with Gasteiger partial charge in [0.1, 0.15) is 0 Å². The number of fused-ring (bicyclic) bond motifs is 1. The third kappa shape index (κ3) is 2.76. The van der Waals surface area contributed by atoms with Crippen LogP contribution in [0.1, 0.15) is 0 Å². The van der Waals surface area contributed by atoms with Gasteiger partial charge in [-0.3, -0.25) is 0 Å². The van der Waals surface area contributed by atoms with Gasteiger partial charge in [-0.1, -0.05) is 0 Å². The summed E-state index contributed by atoms with van der Waals surface area (Å²) in [6.45, 7) is 0.153. The summed E-state index contributed by atoms with van der Waals surface area (Å²) >= 11 is 0. The summed E-state index contributed by atoms with van der Waals surface area (Å²) in [7, 11) is -1.71. The Bertz CT molecular complexity index is 551. The summed E-state index contributed by atoms with van der Waals surface area (Å²) < 4.78 is 16.2. The van der Waals surface area contributed by atoms with Crippen LogP contribution in [-0.2, 0) is 13.8 Å². The van der Waals surface area contributed by atoms with Crippen molar-refractivity contribution in [2.45, 2.75) is 24.5 Å². The molecule has 0 saturated carbocycles.